The number of para-hydroxylation sites is 1. The van der Waals surface area contributed by atoms with Gasteiger partial charge in [0.2, 0.25) is 5.91 Å². The first-order valence-electron chi connectivity index (χ1n) is 9.36. The average molecular weight is 339 g/mol. The molecule has 1 fully saturated rings. The molecule has 1 saturated heterocycles. The van der Waals surface area contributed by atoms with Crippen LogP contribution in [-0.4, -0.2) is 34.8 Å². The zero-order chi connectivity index (χ0) is 17.4. The van der Waals surface area contributed by atoms with Gasteiger partial charge in [-0.25, -0.2) is 0 Å². The van der Waals surface area contributed by atoms with Gasteiger partial charge in [0.15, 0.2) is 0 Å². The highest BCUT2D eigenvalue weighted by molar-refractivity contribution is 6.06. The lowest BCUT2D eigenvalue weighted by molar-refractivity contribution is -0.123. The number of hydrogen-bond acceptors (Lipinski definition) is 2. The molecular weight excluding hydrogens is 314 g/mol. The number of aromatic nitrogens is 1. The van der Waals surface area contributed by atoms with Gasteiger partial charge in [0, 0.05) is 30.1 Å². The number of nitrogens with zero attached hydrogens (tertiary/aromatic N) is 1. The summed E-state index contributed by atoms with van der Waals surface area (Å²) in [6, 6.07) is 6.04. The minimum atomic E-state index is -0.248. The van der Waals surface area contributed by atoms with Gasteiger partial charge < -0.3 is 15.6 Å². The van der Waals surface area contributed by atoms with Gasteiger partial charge in [0.05, 0.1) is 11.1 Å². The first-order valence-corrected chi connectivity index (χ1v) is 9.36. The summed E-state index contributed by atoms with van der Waals surface area (Å²) in [5.41, 5.74) is 9.83. The topological polar surface area (TPSA) is 79.2 Å². The highest BCUT2D eigenvalue weighted by atomic mass is 16.2. The minimum Gasteiger partial charge on any atom is -0.369 e. The van der Waals surface area contributed by atoms with E-state index in [1.807, 2.05) is 17.0 Å². The summed E-state index contributed by atoms with van der Waals surface area (Å²) in [6.45, 7) is 1.20. The number of hydrogen-bond donors (Lipinski definition) is 2. The zero-order valence-corrected chi connectivity index (χ0v) is 14.5. The van der Waals surface area contributed by atoms with E-state index in [4.69, 9.17) is 5.73 Å². The van der Waals surface area contributed by atoms with Gasteiger partial charge in [-0.3, -0.25) is 9.59 Å². The molecular formula is C20H25N3O2. The van der Waals surface area contributed by atoms with Crippen LogP contribution in [0.3, 0.4) is 0 Å². The maximum Gasteiger partial charge on any atom is 0.255 e. The Bertz CT molecular complexity index is 816. The number of primary amides is 1. The fraction of sp³-hybridized carbons (Fsp3) is 0.500. The predicted molar refractivity (Wildman–Crippen MR) is 97.4 cm³/mol. The summed E-state index contributed by atoms with van der Waals surface area (Å²) in [5, 5.41) is 1.20. The number of piperidine rings is 1. The van der Waals surface area contributed by atoms with Crippen LogP contribution in [0, 0.1) is 5.92 Å². The summed E-state index contributed by atoms with van der Waals surface area (Å²) in [4.78, 5) is 29.8. The molecule has 2 aromatic rings. The molecule has 2 aliphatic rings. The number of likely N-dealkylation sites (tertiary alicyclic amines) is 1. The molecule has 0 atom stereocenters. The van der Waals surface area contributed by atoms with Crippen LogP contribution >= 0.6 is 0 Å². The van der Waals surface area contributed by atoms with Crippen molar-refractivity contribution in [3.8, 4) is 0 Å². The van der Waals surface area contributed by atoms with Gasteiger partial charge in [-0.1, -0.05) is 18.6 Å². The third kappa shape index (κ3) is 2.92. The normalized spacial score (nSPS) is 18.8. The number of fused-ring (bicyclic) bond motifs is 3. The summed E-state index contributed by atoms with van der Waals surface area (Å²) >= 11 is 0. The Morgan fingerprint density at radius 2 is 1.84 bits per heavy atom. The van der Waals surface area contributed by atoms with Crippen LogP contribution < -0.4 is 5.73 Å². The van der Waals surface area contributed by atoms with Crippen molar-refractivity contribution in [2.75, 3.05) is 13.1 Å². The molecule has 132 valence electrons. The van der Waals surface area contributed by atoms with Gasteiger partial charge in [-0.05, 0) is 50.2 Å². The van der Waals surface area contributed by atoms with Crippen molar-refractivity contribution in [1.82, 2.24) is 9.88 Å². The van der Waals surface area contributed by atoms with E-state index in [1.54, 1.807) is 0 Å². The number of rotatable bonds is 2. The number of nitrogens with two attached hydrogens (primary N) is 1. The molecule has 25 heavy (non-hydrogen) atoms. The quantitative estimate of drug-likeness (QED) is 0.825. The molecule has 1 aromatic heterocycles. The second-order valence-electron chi connectivity index (χ2n) is 7.34. The van der Waals surface area contributed by atoms with Gasteiger partial charge in [0.25, 0.3) is 5.91 Å². The van der Waals surface area contributed by atoms with Crippen molar-refractivity contribution < 1.29 is 9.59 Å². The number of H-pyrrole nitrogens is 1. The second kappa shape index (κ2) is 6.54. The first-order chi connectivity index (χ1) is 12.1. The number of aryl methyl sites for hydroxylation is 2. The molecule has 1 aliphatic carbocycles. The predicted octanol–water partition coefficient (Wildman–Crippen LogP) is 2.77. The Hall–Kier alpha value is -2.30. The highest BCUT2D eigenvalue weighted by Crippen LogP contribution is 2.31. The third-order valence-electron chi connectivity index (χ3n) is 5.80. The van der Waals surface area contributed by atoms with Crippen LogP contribution in [0.2, 0.25) is 0 Å². The largest absolute Gasteiger partial charge is 0.369 e. The van der Waals surface area contributed by atoms with Crippen LogP contribution in [0.4, 0.5) is 0 Å². The molecule has 0 bridgehead atoms. The summed E-state index contributed by atoms with van der Waals surface area (Å²) in [6.07, 6.45) is 7.20. The van der Waals surface area contributed by atoms with Crippen LogP contribution in [0.5, 0.6) is 0 Å². The molecule has 0 radical (unpaired) electrons. The van der Waals surface area contributed by atoms with Crippen LogP contribution in [0.25, 0.3) is 10.9 Å². The molecule has 0 unspecified atom stereocenters. The SMILES string of the molecule is NC(=O)C1CCN(C(=O)c2cccc3c4c([nH]c23)CCCCC4)CC1. The van der Waals surface area contributed by atoms with E-state index in [9.17, 15) is 9.59 Å². The standard InChI is InChI=1S/C20H25N3O2/c21-19(24)13-9-11-23(12-10-13)20(25)16-7-4-6-15-14-5-2-1-3-8-17(14)22-18(15)16/h4,6-7,13,22H,1-3,5,8-12H2,(H2,21,24). The Balaban J connectivity index is 1.63. The lowest BCUT2D eigenvalue weighted by Gasteiger charge is -2.30. The summed E-state index contributed by atoms with van der Waals surface area (Å²) in [7, 11) is 0. The van der Waals surface area contributed by atoms with Crippen molar-refractivity contribution in [1.29, 1.82) is 0 Å². The third-order valence-corrected chi connectivity index (χ3v) is 5.80. The first kappa shape index (κ1) is 16.2. The number of amides is 2. The van der Waals surface area contributed by atoms with E-state index in [0.717, 1.165) is 23.9 Å². The molecule has 0 spiro atoms. The Morgan fingerprint density at radius 1 is 1.08 bits per heavy atom. The number of carbonyl (C=O) groups is 2. The maximum atomic E-state index is 13.1. The molecule has 2 heterocycles. The van der Waals surface area contributed by atoms with Gasteiger partial charge in [-0.2, -0.15) is 0 Å². The molecule has 5 nitrogen and oxygen atoms in total. The zero-order valence-electron chi connectivity index (χ0n) is 14.5. The van der Waals surface area contributed by atoms with E-state index in [-0.39, 0.29) is 17.7 Å². The van der Waals surface area contributed by atoms with Gasteiger partial charge in [-0.15, -0.1) is 0 Å². The van der Waals surface area contributed by atoms with Gasteiger partial charge >= 0.3 is 0 Å². The van der Waals surface area contributed by atoms with Crippen LogP contribution in [0.1, 0.15) is 53.7 Å². The summed E-state index contributed by atoms with van der Waals surface area (Å²) in [5.74, 6) is -0.284. The molecule has 1 aromatic carbocycles. The molecule has 5 heteroatoms. The summed E-state index contributed by atoms with van der Waals surface area (Å²) < 4.78 is 0. The number of aromatic amines is 1. The Morgan fingerprint density at radius 3 is 2.60 bits per heavy atom. The number of benzene rings is 1. The van der Waals surface area contributed by atoms with Crippen molar-refractivity contribution in [2.45, 2.75) is 44.9 Å². The lowest BCUT2D eigenvalue weighted by Crippen LogP contribution is -2.41. The molecule has 4 rings (SSSR count). The van der Waals surface area contributed by atoms with E-state index in [0.29, 0.717) is 25.9 Å². The van der Waals surface area contributed by atoms with E-state index >= 15 is 0 Å². The Kier molecular flexibility index (Phi) is 4.24. The van der Waals surface area contributed by atoms with Crippen molar-refractivity contribution in [2.24, 2.45) is 11.7 Å². The highest BCUT2D eigenvalue weighted by Gasteiger charge is 2.28. The van der Waals surface area contributed by atoms with Gasteiger partial charge in [0.1, 0.15) is 0 Å². The van der Waals surface area contributed by atoms with E-state index < -0.39 is 0 Å². The number of nitrogens with one attached hydrogen (secondary N) is 1. The Labute approximate surface area is 147 Å². The van der Waals surface area contributed by atoms with Crippen molar-refractivity contribution >= 4 is 22.7 Å². The van der Waals surface area contributed by atoms with Crippen molar-refractivity contribution in [3.63, 3.8) is 0 Å². The number of carbonyl (C=O) groups excluding carboxylic acids is 2. The monoisotopic (exact) mass is 339 g/mol. The molecule has 1 aliphatic heterocycles. The molecule has 0 saturated carbocycles. The lowest BCUT2D eigenvalue weighted by atomic mass is 9.95. The van der Waals surface area contributed by atoms with Crippen molar-refractivity contribution in [3.05, 3.63) is 35.0 Å². The van der Waals surface area contributed by atoms with E-state index in [1.165, 1.54) is 35.9 Å². The average Bonchev–Trinajstić information content (AvgIpc) is 2.82. The fourth-order valence-corrected chi connectivity index (χ4v) is 4.32. The van der Waals surface area contributed by atoms with Crippen LogP contribution in [-0.2, 0) is 17.6 Å². The molecule has 2 amide bonds. The molecule has 3 N–H and O–H groups in total. The fourth-order valence-electron chi connectivity index (χ4n) is 4.32. The minimum absolute atomic E-state index is 0.0601. The van der Waals surface area contributed by atoms with E-state index in [2.05, 4.69) is 11.1 Å². The van der Waals surface area contributed by atoms with Crippen LogP contribution in [0.15, 0.2) is 18.2 Å². The second-order valence-corrected chi connectivity index (χ2v) is 7.34. The maximum absolute atomic E-state index is 13.1. The smallest absolute Gasteiger partial charge is 0.255 e.